The van der Waals surface area contributed by atoms with E-state index < -0.39 is 34.8 Å². The molecule has 0 bridgehead atoms. The summed E-state index contributed by atoms with van der Waals surface area (Å²) < 4.78 is 53.3. The number of nitrogens with one attached hydrogen (secondary N) is 3. The fourth-order valence-corrected chi connectivity index (χ4v) is 4.41. The van der Waals surface area contributed by atoms with Gasteiger partial charge in [0.2, 0.25) is 0 Å². The van der Waals surface area contributed by atoms with Gasteiger partial charge in [0.05, 0.1) is 22.6 Å². The fraction of sp³-hybridized carbons (Fsp3) is 0.258. The summed E-state index contributed by atoms with van der Waals surface area (Å²) in [5.41, 5.74) is -0.108. The summed E-state index contributed by atoms with van der Waals surface area (Å²) in [7, 11) is 1.71. The molecule has 10 heteroatoms. The molecule has 0 saturated carbocycles. The minimum absolute atomic E-state index is 0.0238. The smallest absolute Gasteiger partial charge is 0.416 e. The maximum absolute atomic E-state index is 13.9. The van der Waals surface area contributed by atoms with Crippen molar-refractivity contribution in [3.8, 4) is 11.3 Å². The van der Waals surface area contributed by atoms with Crippen LogP contribution in [0, 0.1) is 5.41 Å². The first kappa shape index (κ1) is 29.4. The second-order valence-electron chi connectivity index (χ2n) is 10.5. The zero-order chi connectivity index (χ0) is 30.1. The van der Waals surface area contributed by atoms with Crippen molar-refractivity contribution < 1.29 is 27.1 Å². The fourth-order valence-electron chi connectivity index (χ4n) is 4.41. The molecule has 1 unspecified atom stereocenters. The highest BCUT2D eigenvalue weighted by atomic mass is 19.4. The number of carbonyl (C=O) groups excluding carboxylic acids is 1. The number of fused-ring (bicyclic) bond motifs is 1. The van der Waals surface area contributed by atoms with Crippen molar-refractivity contribution in [2.45, 2.75) is 45.5 Å². The molecule has 41 heavy (non-hydrogen) atoms. The first-order valence-electron chi connectivity index (χ1n) is 12.8. The van der Waals surface area contributed by atoms with E-state index in [4.69, 9.17) is 14.6 Å². The molecule has 1 aromatic heterocycles. The molecule has 0 radical (unpaired) electrons. The monoisotopic (exact) mass is 565 g/mol. The average molecular weight is 566 g/mol. The topological polar surface area (TPSA) is 104 Å². The van der Waals surface area contributed by atoms with Crippen LogP contribution in [0.25, 0.3) is 22.3 Å². The normalized spacial score (nSPS) is 12.6. The first-order valence-corrected chi connectivity index (χ1v) is 12.8. The van der Waals surface area contributed by atoms with E-state index >= 15 is 0 Å². The zero-order valence-electron chi connectivity index (χ0n) is 23.2. The van der Waals surface area contributed by atoms with Crippen molar-refractivity contribution in [2.75, 3.05) is 17.7 Å². The Kier molecular flexibility index (Phi) is 7.96. The lowest BCUT2D eigenvalue weighted by Crippen LogP contribution is -2.24. The van der Waals surface area contributed by atoms with Gasteiger partial charge in [-0.2, -0.15) is 13.2 Å². The molecule has 0 saturated heterocycles. The molecule has 3 aromatic carbocycles. The largest absolute Gasteiger partial charge is 0.456 e. The second-order valence-corrected chi connectivity index (χ2v) is 10.5. The van der Waals surface area contributed by atoms with Gasteiger partial charge in [0.15, 0.2) is 5.43 Å². The summed E-state index contributed by atoms with van der Waals surface area (Å²) in [5.74, 6) is -0.460. The first-order chi connectivity index (χ1) is 19.2. The van der Waals surface area contributed by atoms with Gasteiger partial charge in [-0.05, 0) is 70.2 Å². The Balaban J connectivity index is 1.87. The maximum Gasteiger partial charge on any atom is 0.416 e. The average Bonchev–Trinajstić information content (AvgIpc) is 2.90. The Morgan fingerprint density at radius 3 is 2.37 bits per heavy atom. The zero-order valence-corrected chi connectivity index (χ0v) is 23.2. The van der Waals surface area contributed by atoms with Crippen LogP contribution >= 0.6 is 0 Å². The lowest BCUT2D eigenvalue weighted by molar-refractivity contribution is -0.137. The second kappa shape index (κ2) is 11.1. The van der Waals surface area contributed by atoms with E-state index in [-0.39, 0.29) is 27.9 Å². The van der Waals surface area contributed by atoms with Gasteiger partial charge in [0, 0.05) is 47.4 Å². The van der Waals surface area contributed by atoms with Crippen LogP contribution in [0.2, 0.25) is 0 Å². The van der Waals surface area contributed by atoms with Crippen molar-refractivity contribution in [1.29, 1.82) is 5.41 Å². The summed E-state index contributed by atoms with van der Waals surface area (Å²) in [6.07, 6.45) is -3.58. The number of alkyl halides is 3. The Hall–Kier alpha value is -4.60. The molecule has 0 fully saturated rings. The van der Waals surface area contributed by atoms with E-state index in [1.165, 1.54) is 0 Å². The van der Waals surface area contributed by atoms with E-state index in [2.05, 4.69) is 10.6 Å². The van der Waals surface area contributed by atoms with Crippen LogP contribution in [0.1, 0.15) is 60.8 Å². The van der Waals surface area contributed by atoms with E-state index in [1.54, 1.807) is 77.2 Å². The summed E-state index contributed by atoms with van der Waals surface area (Å²) in [6, 6.07) is 13.6. The molecule has 1 atom stereocenters. The van der Waals surface area contributed by atoms with E-state index in [1.807, 2.05) is 0 Å². The van der Waals surface area contributed by atoms with Crippen LogP contribution in [0.3, 0.4) is 0 Å². The number of rotatable bonds is 7. The van der Waals surface area contributed by atoms with Crippen LogP contribution in [-0.4, -0.2) is 24.8 Å². The van der Waals surface area contributed by atoms with Crippen LogP contribution in [-0.2, 0) is 10.9 Å². The van der Waals surface area contributed by atoms with Gasteiger partial charge < -0.3 is 25.2 Å². The lowest BCUT2D eigenvalue weighted by atomic mass is 9.99. The number of para-hydroxylation sites is 1. The van der Waals surface area contributed by atoms with E-state index in [0.29, 0.717) is 22.5 Å². The van der Waals surface area contributed by atoms with Crippen LogP contribution in [0.15, 0.2) is 69.9 Å². The summed E-state index contributed by atoms with van der Waals surface area (Å²) >= 11 is 0. The Bertz CT molecular complexity index is 1690. The number of hydrogen-bond acceptors (Lipinski definition) is 7. The number of hydrogen-bond donors (Lipinski definition) is 3. The Morgan fingerprint density at radius 2 is 1.73 bits per heavy atom. The number of benzene rings is 3. The third-order valence-electron chi connectivity index (χ3n) is 6.33. The molecule has 214 valence electrons. The van der Waals surface area contributed by atoms with Gasteiger partial charge in [-0.25, -0.2) is 4.79 Å². The Morgan fingerprint density at radius 1 is 1.02 bits per heavy atom. The van der Waals surface area contributed by atoms with Gasteiger partial charge in [-0.15, -0.1) is 0 Å². The number of ether oxygens (including phenoxy) is 1. The van der Waals surface area contributed by atoms with Gasteiger partial charge in [-0.1, -0.05) is 12.1 Å². The standard InChI is InChI=1S/C31H30F3N3O4/c1-17(37-25-9-7-6-8-21(25)29(39)41-30(2,3)4)22-13-20(31(32,33)34)14-23-26(38)15-27(40-28(22)23)18-10-11-24(36-5)19(12-18)16-35/h6-17,35-37H,1-5H3. The molecule has 3 N–H and O–H groups in total. The molecule has 4 aromatic rings. The molecular formula is C31H30F3N3O4. The minimum Gasteiger partial charge on any atom is -0.456 e. The SMILES string of the molecule is CNc1ccc(-c2cc(=O)c3cc(C(F)(F)F)cc(C(C)Nc4ccccc4C(=O)OC(C)(C)C)c3o2)cc1C=N. The van der Waals surface area contributed by atoms with E-state index in [9.17, 15) is 22.8 Å². The third kappa shape index (κ3) is 6.42. The summed E-state index contributed by atoms with van der Waals surface area (Å²) in [6.45, 7) is 6.81. The number of halogens is 3. The molecule has 0 spiro atoms. The number of carbonyl (C=O) groups is 1. The third-order valence-corrected chi connectivity index (χ3v) is 6.33. The lowest BCUT2D eigenvalue weighted by Gasteiger charge is -2.23. The number of esters is 1. The van der Waals surface area contributed by atoms with E-state index in [0.717, 1.165) is 24.4 Å². The summed E-state index contributed by atoms with van der Waals surface area (Å²) in [4.78, 5) is 26.0. The molecular weight excluding hydrogens is 535 g/mol. The molecule has 0 aliphatic carbocycles. The highest BCUT2D eigenvalue weighted by molar-refractivity contribution is 5.96. The van der Waals surface area contributed by atoms with Crippen molar-refractivity contribution >= 4 is 34.5 Å². The number of anilines is 2. The van der Waals surface area contributed by atoms with Gasteiger partial charge in [0.1, 0.15) is 16.9 Å². The highest BCUT2D eigenvalue weighted by Gasteiger charge is 2.33. The molecule has 0 amide bonds. The highest BCUT2D eigenvalue weighted by Crippen LogP contribution is 2.37. The van der Waals surface area contributed by atoms with Gasteiger partial charge >= 0.3 is 12.1 Å². The quantitative estimate of drug-likeness (QED) is 0.157. The summed E-state index contributed by atoms with van der Waals surface area (Å²) in [5, 5.41) is 13.5. The van der Waals surface area contributed by atoms with Crippen molar-refractivity contribution in [3.63, 3.8) is 0 Å². The van der Waals surface area contributed by atoms with Crippen LogP contribution in [0.5, 0.6) is 0 Å². The predicted molar refractivity (Wildman–Crippen MR) is 154 cm³/mol. The van der Waals surface area contributed by atoms with Crippen molar-refractivity contribution in [3.05, 3.63) is 93.1 Å². The molecule has 0 aliphatic rings. The van der Waals surface area contributed by atoms with Crippen LogP contribution < -0.4 is 16.1 Å². The van der Waals surface area contributed by atoms with Gasteiger partial charge in [-0.3, -0.25) is 4.79 Å². The van der Waals surface area contributed by atoms with Crippen LogP contribution in [0.4, 0.5) is 24.5 Å². The van der Waals surface area contributed by atoms with Crippen molar-refractivity contribution in [2.24, 2.45) is 0 Å². The maximum atomic E-state index is 13.9. The Labute approximate surface area is 234 Å². The molecule has 0 aliphatic heterocycles. The molecule has 1 heterocycles. The van der Waals surface area contributed by atoms with Crippen molar-refractivity contribution in [1.82, 2.24) is 0 Å². The van der Waals surface area contributed by atoms with Gasteiger partial charge in [0.25, 0.3) is 0 Å². The minimum atomic E-state index is -4.72. The molecule has 4 rings (SSSR count). The molecule has 7 nitrogen and oxygen atoms in total. The predicted octanol–water partition coefficient (Wildman–Crippen LogP) is 7.65.